The van der Waals surface area contributed by atoms with Crippen LogP contribution in [-0.4, -0.2) is 38.1 Å². The molecule has 0 spiro atoms. The van der Waals surface area contributed by atoms with Crippen LogP contribution in [0.25, 0.3) is 0 Å². The zero-order chi connectivity index (χ0) is 17.4. The van der Waals surface area contributed by atoms with Crippen molar-refractivity contribution in [1.29, 1.82) is 0 Å². The first-order valence-electron chi connectivity index (χ1n) is 7.93. The van der Waals surface area contributed by atoms with E-state index in [1.54, 1.807) is 0 Å². The molecule has 0 aliphatic heterocycles. The van der Waals surface area contributed by atoms with Gasteiger partial charge in [-0.05, 0) is 37.9 Å². The van der Waals surface area contributed by atoms with Gasteiger partial charge in [0, 0.05) is 11.6 Å². The Morgan fingerprint density at radius 3 is 2.46 bits per heavy atom. The molecule has 0 aliphatic carbocycles. The van der Waals surface area contributed by atoms with E-state index in [0.717, 1.165) is 11.3 Å². The summed E-state index contributed by atoms with van der Waals surface area (Å²) in [7, 11) is 3.94. The number of carbonyl (C=O) groups excluding carboxylic acids is 1. The van der Waals surface area contributed by atoms with Crippen LogP contribution in [0.15, 0.2) is 54.6 Å². The number of hydrogen-bond acceptors (Lipinski definition) is 3. The van der Waals surface area contributed by atoms with Gasteiger partial charge in [0.25, 0.3) is 0 Å². The Morgan fingerprint density at radius 1 is 1.12 bits per heavy atom. The third-order valence-electron chi connectivity index (χ3n) is 3.72. The Hall–Kier alpha value is -2.04. The van der Waals surface area contributed by atoms with Crippen LogP contribution < -0.4 is 10.1 Å². The van der Waals surface area contributed by atoms with E-state index in [1.807, 2.05) is 73.6 Å². The summed E-state index contributed by atoms with van der Waals surface area (Å²) in [5.41, 5.74) is 1.00. The first kappa shape index (κ1) is 18.3. The maximum Gasteiger partial charge on any atom is 0.223 e. The van der Waals surface area contributed by atoms with Crippen molar-refractivity contribution in [3.8, 4) is 5.75 Å². The van der Waals surface area contributed by atoms with Gasteiger partial charge in [-0.25, -0.2) is 0 Å². The SMILES string of the molecule is CN(C)C(CNC(=O)CCOc1ccccc1)c1ccccc1Cl. The number of halogens is 1. The van der Waals surface area contributed by atoms with Crippen molar-refractivity contribution in [3.05, 3.63) is 65.2 Å². The summed E-state index contributed by atoms with van der Waals surface area (Å²) in [4.78, 5) is 14.1. The Balaban J connectivity index is 1.81. The number of benzene rings is 2. The molecule has 2 aromatic rings. The van der Waals surface area contributed by atoms with Gasteiger partial charge >= 0.3 is 0 Å². The molecular weight excluding hydrogens is 324 g/mol. The van der Waals surface area contributed by atoms with Crippen LogP contribution in [0.4, 0.5) is 0 Å². The highest BCUT2D eigenvalue weighted by atomic mass is 35.5. The molecule has 1 amide bonds. The molecule has 2 rings (SSSR count). The van der Waals surface area contributed by atoms with Crippen LogP contribution in [0, 0.1) is 0 Å². The molecule has 2 aromatic carbocycles. The van der Waals surface area contributed by atoms with E-state index in [9.17, 15) is 4.79 Å². The van der Waals surface area contributed by atoms with Gasteiger partial charge in [0.2, 0.25) is 5.91 Å². The average molecular weight is 347 g/mol. The van der Waals surface area contributed by atoms with Crippen LogP contribution in [-0.2, 0) is 4.79 Å². The lowest BCUT2D eigenvalue weighted by molar-refractivity contribution is -0.121. The number of nitrogens with one attached hydrogen (secondary N) is 1. The van der Waals surface area contributed by atoms with Gasteiger partial charge in [0.15, 0.2) is 0 Å². The number of likely N-dealkylation sites (N-methyl/N-ethyl adjacent to an activating group) is 1. The second-order valence-electron chi connectivity index (χ2n) is 5.72. The summed E-state index contributed by atoms with van der Waals surface area (Å²) in [6, 6.07) is 17.2. The van der Waals surface area contributed by atoms with Crippen molar-refractivity contribution >= 4 is 17.5 Å². The molecule has 0 aromatic heterocycles. The molecule has 1 unspecified atom stereocenters. The molecule has 5 heteroatoms. The Morgan fingerprint density at radius 2 is 1.79 bits per heavy atom. The highest BCUT2D eigenvalue weighted by Gasteiger charge is 2.17. The lowest BCUT2D eigenvalue weighted by Crippen LogP contribution is -2.35. The first-order chi connectivity index (χ1) is 11.6. The summed E-state index contributed by atoms with van der Waals surface area (Å²) >= 11 is 6.27. The molecule has 128 valence electrons. The maximum absolute atomic E-state index is 12.0. The lowest BCUT2D eigenvalue weighted by Gasteiger charge is -2.26. The maximum atomic E-state index is 12.0. The predicted molar refractivity (Wildman–Crippen MR) is 97.4 cm³/mol. The average Bonchev–Trinajstić information content (AvgIpc) is 2.57. The van der Waals surface area contributed by atoms with Crippen molar-refractivity contribution in [1.82, 2.24) is 10.2 Å². The second-order valence-corrected chi connectivity index (χ2v) is 6.12. The third-order valence-corrected chi connectivity index (χ3v) is 4.07. The van der Waals surface area contributed by atoms with E-state index in [0.29, 0.717) is 24.6 Å². The number of ether oxygens (including phenoxy) is 1. The van der Waals surface area contributed by atoms with Gasteiger partial charge in [-0.15, -0.1) is 0 Å². The van der Waals surface area contributed by atoms with E-state index in [-0.39, 0.29) is 11.9 Å². The van der Waals surface area contributed by atoms with Crippen molar-refractivity contribution in [2.75, 3.05) is 27.2 Å². The minimum atomic E-state index is -0.0372. The summed E-state index contributed by atoms with van der Waals surface area (Å²) in [6.45, 7) is 0.857. The van der Waals surface area contributed by atoms with Crippen LogP contribution in [0.2, 0.25) is 5.02 Å². The second kappa shape index (κ2) is 9.30. The third kappa shape index (κ3) is 5.55. The molecule has 4 nitrogen and oxygen atoms in total. The number of para-hydroxylation sites is 1. The van der Waals surface area contributed by atoms with Gasteiger partial charge in [0.1, 0.15) is 5.75 Å². The molecule has 0 saturated carbocycles. The van der Waals surface area contributed by atoms with Crippen molar-refractivity contribution < 1.29 is 9.53 Å². The summed E-state index contributed by atoms with van der Waals surface area (Å²) in [5, 5.41) is 3.66. The molecule has 0 aliphatic rings. The molecule has 0 bridgehead atoms. The quantitative estimate of drug-likeness (QED) is 0.795. The van der Waals surface area contributed by atoms with Crippen molar-refractivity contribution in [2.45, 2.75) is 12.5 Å². The molecule has 0 heterocycles. The number of hydrogen-bond donors (Lipinski definition) is 1. The van der Waals surface area contributed by atoms with Crippen LogP contribution >= 0.6 is 11.6 Å². The van der Waals surface area contributed by atoms with Crippen LogP contribution in [0.5, 0.6) is 5.75 Å². The fraction of sp³-hybridized carbons (Fsp3) is 0.316. The predicted octanol–water partition coefficient (Wildman–Crippen LogP) is 3.53. The van der Waals surface area contributed by atoms with Crippen LogP contribution in [0.3, 0.4) is 0 Å². The molecular formula is C19H23ClN2O2. The van der Waals surface area contributed by atoms with Gasteiger partial charge in [-0.2, -0.15) is 0 Å². The smallest absolute Gasteiger partial charge is 0.223 e. The minimum Gasteiger partial charge on any atom is -0.493 e. The highest BCUT2D eigenvalue weighted by Crippen LogP contribution is 2.25. The largest absolute Gasteiger partial charge is 0.493 e. The number of carbonyl (C=O) groups is 1. The van der Waals surface area contributed by atoms with Crippen molar-refractivity contribution in [3.63, 3.8) is 0 Å². The van der Waals surface area contributed by atoms with Gasteiger partial charge in [-0.3, -0.25) is 4.79 Å². The van der Waals surface area contributed by atoms with E-state index < -0.39 is 0 Å². The molecule has 0 fully saturated rings. The molecule has 1 atom stereocenters. The highest BCUT2D eigenvalue weighted by molar-refractivity contribution is 6.31. The summed E-state index contributed by atoms with van der Waals surface area (Å²) < 4.78 is 5.54. The fourth-order valence-electron chi connectivity index (χ4n) is 2.39. The first-order valence-corrected chi connectivity index (χ1v) is 8.31. The van der Waals surface area contributed by atoms with Gasteiger partial charge in [0.05, 0.1) is 19.1 Å². The van der Waals surface area contributed by atoms with E-state index in [2.05, 4.69) is 5.32 Å². The normalized spacial score (nSPS) is 12.0. The van der Waals surface area contributed by atoms with E-state index in [4.69, 9.17) is 16.3 Å². The Bertz CT molecular complexity index is 647. The standard InChI is InChI=1S/C19H23ClN2O2/c1-22(2)18(16-10-6-7-11-17(16)20)14-21-19(23)12-13-24-15-8-4-3-5-9-15/h3-11,18H,12-14H2,1-2H3,(H,21,23). The molecule has 0 saturated heterocycles. The van der Waals surface area contributed by atoms with Crippen molar-refractivity contribution in [2.24, 2.45) is 0 Å². The zero-order valence-electron chi connectivity index (χ0n) is 14.0. The van der Waals surface area contributed by atoms with Crippen LogP contribution in [0.1, 0.15) is 18.0 Å². The zero-order valence-corrected chi connectivity index (χ0v) is 14.8. The van der Waals surface area contributed by atoms with Gasteiger partial charge < -0.3 is 15.0 Å². The monoisotopic (exact) mass is 346 g/mol. The molecule has 24 heavy (non-hydrogen) atoms. The fourth-order valence-corrected chi connectivity index (χ4v) is 2.65. The number of nitrogens with zero attached hydrogens (tertiary/aromatic N) is 1. The Kier molecular flexibility index (Phi) is 7.09. The van der Waals surface area contributed by atoms with E-state index >= 15 is 0 Å². The minimum absolute atomic E-state index is 0.0256. The Labute approximate surface area is 148 Å². The lowest BCUT2D eigenvalue weighted by atomic mass is 10.1. The number of amides is 1. The number of rotatable bonds is 8. The summed E-state index contributed by atoms with van der Waals surface area (Å²) in [6.07, 6.45) is 0.317. The van der Waals surface area contributed by atoms with Gasteiger partial charge in [-0.1, -0.05) is 48.0 Å². The molecule has 0 radical (unpaired) electrons. The van der Waals surface area contributed by atoms with E-state index in [1.165, 1.54) is 0 Å². The topological polar surface area (TPSA) is 41.6 Å². The summed E-state index contributed by atoms with van der Waals surface area (Å²) in [5.74, 6) is 0.734. The molecule has 1 N–H and O–H groups in total.